The van der Waals surface area contributed by atoms with E-state index < -0.39 is 6.36 Å². The van der Waals surface area contributed by atoms with E-state index >= 15 is 0 Å². The van der Waals surface area contributed by atoms with Gasteiger partial charge in [0.25, 0.3) is 0 Å². The molecule has 0 saturated carbocycles. The highest BCUT2D eigenvalue weighted by Crippen LogP contribution is 2.28. The minimum Gasteiger partial charge on any atom is -0.406 e. The Hall–Kier alpha value is -2.79. The summed E-state index contributed by atoms with van der Waals surface area (Å²) in [5, 5.41) is 14.3. The van der Waals surface area contributed by atoms with Crippen LogP contribution in [0.1, 0.15) is 0 Å². The molecule has 146 valence electrons. The van der Waals surface area contributed by atoms with Crippen molar-refractivity contribution in [1.82, 2.24) is 10.2 Å². The number of ether oxygens (including phenoxy) is 1. The predicted molar refractivity (Wildman–Crippen MR) is 102 cm³/mol. The van der Waals surface area contributed by atoms with Gasteiger partial charge in [-0.3, -0.25) is 4.79 Å². The maximum atomic E-state index is 12.1. The van der Waals surface area contributed by atoms with Crippen LogP contribution < -0.4 is 15.4 Å². The van der Waals surface area contributed by atoms with Gasteiger partial charge in [-0.15, -0.1) is 23.4 Å². The van der Waals surface area contributed by atoms with Gasteiger partial charge in [-0.05, 0) is 36.4 Å². The third kappa shape index (κ3) is 6.43. The Bertz CT molecular complexity index is 918. The van der Waals surface area contributed by atoms with Crippen molar-refractivity contribution in [3.63, 3.8) is 0 Å². The van der Waals surface area contributed by atoms with Gasteiger partial charge in [-0.2, -0.15) is 0 Å². The normalized spacial score (nSPS) is 11.1. The average Bonchev–Trinajstić information content (AvgIpc) is 3.09. The molecule has 2 aromatic carbocycles. The fourth-order valence-corrected chi connectivity index (χ4v) is 3.60. The van der Waals surface area contributed by atoms with E-state index in [1.54, 1.807) is 0 Å². The number of thioether (sulfide) groups is 1. The third-order valence-corrected chi connectivity index (χ3v) is 5.10. The minimum atomic E-state index is -4.75. The Kier molecular flexibility index (Phi) is 6.37. The molecule has 2 N–H and O–H groups in total. The molecule has 0 atom stereocenters. The van der Waals surface area contributed by atoms with E-state index in [1.165, 1.54) is 35.2 Å². The number of nitrogens with zero attached hydrogens (tertiary/aromatic N) is 2. The van der Waals surface area contributed by atoms with Crippen LogP contribution in [0.25, 0.3) is 0 Å². The van der Waals surface area contributed by atoms with Crippen molar-refractivity contribution >= 4 is 45.5 Å². The summed E-state index contributed by atoms with van der Waals surface area (Å²) < 4.78 is 40.8. The van der Waals surface area contributed by atoms with E-state index in [1.807, 2.05) is 30.3 Å². The van der Waals surface area contributed by atoms with Crippen molar-refractivity contribution < 1.29 is 22.7 Å². The number of carbonyl (C=O) groups excluding carboxylic acids is 1. The maximum absolute atomic E-state index is 12.1. The van der Waals surface area contributed by atoms with Crippen molar-refractivity contribution in [1.29, 1.82) is 0 Å². The molecular formula is C17H13F3N4O2S2. The van der Waals surface area contributed by atoms with Crippen LogP contribution >= 0.6 is 23.1 Å². The number of nitrogens with one attached hydrogen (secondary N) is 2. The first-order valence-corrected chi connectivity index (χ1v) is 9.62. The molecule has 0 unspecified atom stereocenters. The van der Waals surface area contributed by atoms with Crippen LogP contribution in [0, 0.1) is 0 Å². The van der Waals surface area contributed by atoms with Gasteiger partial charge in [0.15, 0.2) is 4.34 Å². The summed E-state index contributed by atoms with van der Waals surface area (Å²) in [5.41, 5.74) is 1.25. The van der Waals surface area contributed by atoms with E-state index in [2.05, 4.69) is 25.6 Å². The third-order valence-electron chi connectivity index (χ3n) is 3.13. The summed E-state index contributed by atoms with van der Waals surface area (Å²) in [4.78, 5) is 12.0. The first kappa shape index (κ1) is 20.0. The fraction of sp³-hybridized carbons (Fsp3) is 0.118. The number of hydrogen-bond acceptors (Lipinski definition) is 7. The Labute approximate surface area is 166 Å². The Morgan fingerprint density at radius 2 is 1.75 bits per heavy atom. The van der Waals surface area contributed by atoms with Gasteiger partial charge in [-0.25, -0.2) is 0 Å². The monoisotopic (exact) mass is 426 g/mol. The van der Waals surface area contributed by atoms with Crippen molar-refractivity contribution in [2.75, 3.05) is 16.4 Å². The molecule has 0 radical (unpaired) electrons. The molecule has 0 aliphatic rings. The fourth-order valence-electron chi connectivity index (χ4n) is 2.03. The number of para-hydroxylation sites is 1. The number of alkyl halides is 3. The maximum Gasteiger partial charge on any atom is 0.573 e. The van der Waals surface area contributed by atoms with Gasteiger partial charge in [-0.1, -0.05) is 41.3 Å². The summed E-state index contributed by atoms with van der Waals surface area (Å²) in [6.45, 7) is 0. The Morgan fingerprint density at radius 1 is 1.04 bits per heavy atom. The predicted octanol–water partition coefficient (Wildman–Crippen LogP) is 4.91. The van der Waals surface area contributed by atoms with Crippen LogP contribution in [0.15, 0.2) is 58.9 Å². The lowest BCUT2D eigenvalue weighted by molar-refractivity contribution is -0.274. The van der Waals surface area contributed by atoms with Gasteiger partial charge in [0.2, 0.25) is 11.0 Å². The van der Waals surface area contributed by atoms with Crippen LogP contribution in [0.3, 0.4) is 0 Å². The van der Waals surface area contributed by atoms with Crippen LogP contribution in [0.2, 0.25) is 0 Å². The molecule has 1 heterocycles. The summed E-state index contributed by atoms with van der Waals surface area (Å²) in [5.74, 6) is -0.588. The van der Waals surface area contributed by atoms with E-state index in [0.717, 1.165) is 17.8 Å². The summed E-state index contributed by atoms with van der Waals surface area (Å²) in [6.07, 6.45) is -4.75. The van der Waals surface area contributed by atoms with E-state index in [-0.39, 0.29) is 17.4 Å². The molecule has 0 saturated heterocycles. The van der Waals surface area contributed by atoms with Crippen LogP contribution in [-0.4, -0.2) is 28.2 Å². The molecule has 0 spiro atoms. The number of halogens is 3. The smallest absolute Gasteiger partial charge is 0.406 e. The number of hydrogen-bond donors (Lipinski definition) is 2. The number of rotatable bonds is 7. The SMILES string of the molecule is O=C(CSc1nnc(Nc2ccccc2)s1)Nc1ccc(OC(F)(F)F)cc1. The Balaban J connectivity index is 1.47. The van der Waals surface area contributed by atoms with E-state index in [4.69, 9.17) is 0 Å². The van der Waals surface area contributed by atoms with E-state index in [0.29, 0.717) is 15.2 Å². The first-order chi connectivity index (χ1) is 13.4. The van der Waals surface area contributed by atoms with Gasteiger partial charge < -0.3 is 15.4 Å². The number of amides is 1. The van der Waals surface area contributed by atoms with Crippen molar-refractivity contribution in [2.24, 2.45) is 0 Å². The molecule has 3 rings (SSSR count). The molecule has 0 bridgehead atoms. The van der Waals surface area contributed by atoms with E-state index in [9.17, 15) is 18.0 Å². The number of benzene rings is 2. The highest BCUT2D eigenvalue weighted by Gasteiger charge is 2.30. The molecule has 11 heteroatoms. The molecule has 1 aromatic heterocycles. The van der Waals surface area contributed by atoms with Gasteiger partial charge in [0.1, 0.15) is 5.75 Å². The van der Waals surface area contributed by atoms with Crippen LogP contribution in [-0.2, 0) is 4.79 Å². The van der Waals surface area contributed by atoms with Crippen LogP contribution in [0.5, 0.6) is 5.75 Å². The average molecular weight is 426 g/mol. The number of carbonyl (C=O) groups is 1. The standard InChI is InChI=1S/C17H13F3N4O2S2/c18-17(19,20)26-13-8-6-12(7-9-13)21-14(25)10-27-16-24-23-15(28-16)22-11-4-2-1-3-5-11/h1-9H,10H2,(H,21,25)(H,22,23). The lowest BCUT2D eigenvalue weighted by atomic mass is 10.3. The second-order valence-corrected chi connectivity index (χ2v) is 7.47. The number of aromatic nitrogens is 2. The zero-order chi connectivity index (χ0) is 20.0. The van der Waals surface area contributed by atoms with Crippen molar-refractivity contribution in [2.45, 2.75) is 10.7 Å². The molecule has 0 fully saturated rings. The van der Waals surface area contributed by atoms with Gasteiger partial charge in [0.05, 0.1) is 5.75 Å². The lowest BCUT2D eigenvalue weighted by Gasteiger charge is -2.09. The molecule has 28 heavy (non-hydrogen) atoms. The van der Waals surface area contributed by atoms with Crippen LogP contribution in [0.4, 0.5) is 29.7 Å². The molecular weight excluding hydrogens is 413 g/mol. The molecule has 0 aliphatic carbocycles. The second-order valence-electron chi connectivity index (χ2n) is 5.27. The molecule has 6 nitrogen and oxygen atoms in total. The summed E-state index contributed by atoms with van der Waals surface area (Å²) in [6, 6.07) is 14.4. The quantitative estimate of drug-likeness (QED) is 0.523. The zero-order valence-electron chi connectivity index (χ0n) is 14.1. The van der Waals surface area contributed by atoms with Crippen molar-refractivity contribution in [3.05, 3.63) is 54.6 Å². The summed E-state index contributed by atoms with van der Waals surface area (Å²) in [7, 11) is 0. The van der Waals surface area contributed by atoms with Gasteiger partial charge in [0, 0.05) is 11.4 Å². The highest BCUT2D eigenvalue weighted by atomic mass is 32.2. The lowest BCUT2D eigenvalue weighted by Crippen LogP contribution is -2.17. The zero-order valence-corrected chi connectivity index (χ0v) is 15.7. The largest absolute Gasteiger partial charge is 0.573 e. The topological polar surface area (TPSA) is 76.1 Å². The molecule has 0 aliphatic heterocycles. The highest BCUT2D eigenvalue weighted by molar-refractivity contribution is 8.01. The van der Waals surface area contributed by atoms with Crippen molar-refractivity contribution in [3.8, 4) is 5.75 Å². The molecule has 3 aromatic rings. The summed E-state index contributed by atoms with van der Waals surface area (Å²) >= 11 is 2.52. The second kappa shape index (κ2) is 8.93. The number of anilines is 3. The van der Waals surface area contributed by atoms with Gasteiger partial charge >= 0.3 is 6.36 Å². The minimum absolute atomic E-state index is 0.0841. The Morgan fingerprint density at radius 3 is 2.43 bits per heavy atom. The first-order valence-electron chi connectivity index (χ1n) is 7.81. The molecule has 1 amide bonds.